The normalized spacial score (nSPS) is 27.8. The van der Waals surface area contributed by atoms with Gasteiger partial charge in [0.2, 0.25) is 5.91 Å². The third kappa shape index (κ3) is 4.00. The Balaban J connectivity index is 1.82. The van der Waals surface area contributed by atoms with Gasteiger partial charge in [-0.25, -0.2) is 0 Å². The summed E-state index contributed by atoms with van der Waals surface area (Å²) in [4.78, 5) is 25.6. The molecule has 126 valence electrons. The number of carbonyl (C=O) groups excluding carboxylic acids is 1. The summed E-state index contributed by atoms with van der Waals surface area (Å²) in [6.07, 6.45) is 5.36. The quantitative estimate of drug-likeness (QED) is 0.818. The number of hydrogen-bond acceptors (Lipinski definition) is 3. The molecule has 0 aromatic carbocycles. The number of likely N-dealkylation sites (tertiary alicyclic amines) is 1. The number of ether oxygens (including phenoxy) is 1. The zero-order valence-corrected chi connectivity index (χ0v) is 13.8. The van der Waals surface area contributed by atoms with Crippen molar-refractivity contribution >= 4 is 11.9 Å². The second-order valence-corrected chi connectivity index (χ2v) is 6.77. The molecule has 0 spiro atoms. The molecule has 1 amide bonds. The van der Waals surface area contributed by atoms with Gasteiger partial charge in [-0.05, 0) is 31.6 Å². The first-order valence-electron chi connectivity index (χ1n) is 8.67. The third-order valence-electron chi connectivity index (χ3n) is 5.18. The zero-order chi connectivity index (χ0) is 16.1. The minimum Gasteiger partial charge on any atom is -0.481 e. The SMILES string of the molecule is CCCCC(C)C(=O)N1CCC([C@@H]2OCCC2C(=O)O)CC1. The number of carboxylic acid groups (broad SMARTS) is 1. The van der Waals surface area contributed by atoms with Gasteiger partial charge in [-0.3, -0.25) is 9.59 Å². The molecule has 0 radical (unpaired) electrons. The molecule has 2 aliphatic rings. The molecule has 1 N–H and O–H groups in total. The Hall–Kier alpha value is -1.10. The first kappa shape index (κ1) is 17.3. The summed E-state index contributed by atoms with van der Waals surface area (Å²) in [5.74, 6) is -0.469. The van der Waals surface area contributed by atoms with Gasteiger partial charge in [-0.1, -0.05) is 26.7 Å². The lowest BCUT2D eigenvalue weighted by atomic mass is 9.84. The molecular weight excluding hydrogens is 282 g/mol. The molecule has 5 heteroatoms. The first-order valence-corrected chi connectivity index (χ1v) is 8.67. The Morgan fingerprint density at radius 2 is 1.95 bits per heavy atom. The van der Waals surface area contributed by atoms with Crippen molar-refractivity contribution in [2.75, 3.05) is 19.7 Å². The molecule has 2 aliphatic heterocycles. The van der Waals surface area contributed by atoms with Crippen molar-refractivity contribution in [2.24, 2.45) is 17.8 Å². The highest BCUT2D eigenvalue weighted by Crippen LogP contribution is 2.33. The summed E-state index contributed by atoms with van der Waals surface area (Å²) < 4.78 is 5.68. The fourth-order valence-corrected chi connectivity index (χ4v) is 3.73. The second-order valence-electron chi connectivity index (χ2n) is 6.77. The van der Waals surface area contributed by atoms with Crippen molar-refractivity contribution in [1.29, 1.82) is 0 Å². The number of carbonyl (C=O) groups is 2. The van der Waals surface area contributed by atoms with E-state index in [-0.39, 0.29) is 29.8 Å². The molecule has 0 bridgehead atoms. The summed E-state index contributed by atoms with van der Waals surface area (Å²) in [7, 11) is 0. The topological polar surface area (TPSA) is 66.8 Å². The van der Waals surface area contributed by atoms with Crippen LogP contribution < -0.4 is 0 Å². The highest BCUT2D eigenvalue weighted by molar-refractivity contribution is 5.78. The van der Waals surface area contributed by atoms with Crippen LogP contribution >= 0.6 is 0 Å². The molecule has 0 saturated carbocycles. The summed E-state index contributed by atoms with van der Waals surface area (Å²) in [5, 5.41) is 9.27. The third-order valence-corrected chi connectivity index (χ3v) is 5.18. The van der Waals surface area contributed by atoms with Crippen molar-refractivity contribution in [2.45, 2.75) is 58.5 Å². The Morgan fingerprint density at radius 1 is 1.27 bits per heavy atom. The van der Waals surface area contributed by atoms with Crippen LogP contribution in [0.15, 0.2) is 0 Å². The number of rotatable bonds is 6. The van der Waals surface area contributed by atoms with Crippen LogP contribution in [0.4, 0.5) is 0 Å². The van der Waals surface area contributed by atoms with E-state index in [9.17, 15) is 14.7 Å². The van der Waals surface area contributed by atoms with Gasteiger partial charge in [-0.15, -0.1) is 0 Å². The monoisotopic (exact) mass is 311 g/mol. The smallest absolute Gasteiger partial charge is 0.309 e. The van der Waals surface area contributed by atoms with E-state index in [1.807, 2.05) is 11.8 Å². The van der Waals surface area contributed by atoms with E-state index in [0.29, 0.717) is 13.0 Å². The van der Waals surface area contributed by atoms with Gasteiger partial charge in [-0.2, -0.15) is 0 Å². The van der Waals surface area contributed by atoms with Crippen molar-refractivity contribution in [3.8, 4) is 0 Å². The standard InChI is InChI=1S/C17H29NO4/c1-3-4-5-12(2)16(19)18-9-6-13(7-10-18)15-14(17(20)21)8-11-22-15/h12-15H,3-11H2,1-2H3,(H,20,21)/t12?,14?,15-/m0/s1. The van der Waals surface area contributed by atoms with Crippen molar-refractivity contribution in [3.63, 3.8) is 0 Å². The molecule has 22 heavy (non-hydrogen) atoms. The molecule has 2 heterocycles. The molecule has 3 atom stereocenters. The maximum atomic E-state index is 12.4. The summed E-state index contributed by atoms with van der Waals surface area (Å²) in [6, 6.07) is 0. The minimum absolute atomic E-state index is 0.103. The maximum absolute atomic E-state index is 12.4. The molecule has 2 fully saturated rings. The number of nitrogens with zero attached hydrogens (tertiary/aromatic N) is 1. The number of piperidine rings is 1. The van der Waals surface area contributed by atoms with Gasteiger partial charge >= 0.3 is 5.97 Å². The van der Waals surface area contributed by atoms with E-state index in [1.165, 1.54) is 0 Å². The fraction of sp³-hybridized carbons (Fsp3) is 0.882. The Labute approximate surface area is 133 Å². The number of carboxylic acids is 1. The Kier molecular flexibility index (Phi) is 6.24. The van der Waals surface area contributed by atoms with Crippen LogP contribution in [0.1, 0.15) is 52.4 Å². The van der Waals surface area contributed by atoms with Gasteiger partial charge in [0.1, 0.15) is 0 Å². The van der Waals surface area contributed by atoms with Crippen LogP contribution in [0.3, 0.4) is 0 Å². The molecule has 0 aliphatic carbocycles. The van der Waals surface area contributed by atoms with Gasteiger partial charge in [0.15, 0.2) is 0 Å². The van der Waals surface area contributed by atoms with Gasteiger partial charge in [0.05, 0.1) is 12.0 Å². The Bertz CT molecular complexity index is 390. The summed E-state index contributed by atoms with van der Waals surface area (Å²) in [6.45, 7) is 6.20. The molecule has 2 unspecified atom stereocenters. The lowest BCUT2D eigenvalue weighted by Crippen LogP contribution is -2.44. The van der Waals surface area contributed by atoms with E-state index in [2.05, 4.69) is 6.92 Å². The fourth-order valence-electron chi connectivity index (χ4n) is 3.73. The van der Waals surface area contributed by atoms with Crippen LogP contribution in [0.5, 0.6) is 0 Å². The van der Waals surface area contributed by atoms with Crippen molar-refractivity contribution < 1.29 is 19.4 Å². The Morgan fingerprint density at radius 3 is 2.55 bits per heavy atom. The van der Waals surface area contributed by atoms with Crippen LogP contribution in [-0.4, -0.2) is 47.7 Å². The predicted octanol–water partition coefficient (Wildman–Crippen LogP) is 2.54. The first-order chi connectivity index (χ1) is 10.5. The average Bonchev–Trinajstić information content (AvgIpc) is 3.02. The van der Waals surface area contributed by atoms with E-state index >= 15 is 0 Å². The molecule has 2 saturated heterocycles. The van der Waals surface area contributed by atoms with Crippen molar-refractivity contribution in [3.05, 3.63) is 0 Å². The number of unbranched alkanes of at least 4 members (excludes halogenated alkanes) is 1. The van der Waals surface area contributed by atoms with E-state index in [1.54, 1.807) is 0 Å². The number of aliphatic carboxylic acids is 1. The van der Waals surface area contributed by atoms with Gasteiger partial charge < -0.3 is 14.7 Å². The molecule has 2 rings (SSSR count). The van der Waals surface area contributed by atoms with Crippen molar-refractivity contribution in [1.82, 2.24) is 4.90 Å². The highest BCUT2D eigenvalue weighted by atomic mass is 16.5. The lowest BCUT2D eigenvalue weighted by Gasteiger charge is -2.36. The number of hydrogen-bond donors (Lipinski definition) is 1. The summed E-state index contributed by atoms with van der Waals surface area (Å²) in [5.41, 5.74) is 0. The van der Waals surface area contributed by atoms with Gasteiger partial charge in [0.25, 0.3) is 0 Å². The second kappa shape index (κ2) is 7.95. The van der Waals surface area contributed by atoms with Crippen LogP contribution in [0.2, 0.25) is 0 Å². The maximum Gasteiger partial charge on any atom is 0.309 e. The van der Waals surface area contributed by atoms with Crippen LogP contribution in [0, 0.1) is 17.8 Å². The zero-order valence-electron chi connectivity index (χ0n) is 13.8. The molecule has 5 nitrogen and oxygen atoms in total. The van der Waals surface area contributed by atoms with Crippen LogP contribution in [0.25, 0.3) is 0 Å². The molecule has 0 aromatic rings. The largest absolute Gasteiger partial charge is 0.481 e. The minimum atomic E-state index is -0.741. The molecular formula is C17H29NO4. The predicted molar refractivity (Wildman–Crippen MR) is 83.5 cm³/mol. The van der Waals surface area contributed by atoms with E-state index in [4.69, 9.17) is 4.74 Å². The number of amides is 1. The summed E-state index contributed by atoms with van der Waals surface area (Å²) >= 11 is 0. The van der Waals surface area contributed by atoms with E-state index in [0.717, 1.165) is 45.2 Å². The highest BCUT2D eigenvalue weighted by Gasteiger charge is 2.40. The average molecular weight is 311 g/mol. The lowest BCUT2D eigenvalue weighted by molar-refractivity contribution is -0.146. The van der Waals surface area contributed by atoms with Gasteiger partial charge in [0, 0.05) is 25.6 Å². The van der Waals surface area contributed by atoms with Crippen LogP contribution in [-0.2, 0) is 14.3 Å². The van der Waals surface area contributed by atoms with E-state index < -0.39 is 5.97 Å². The molecule has 0 aromatic heterocycles.